The molecule has 2 aliphatic heterocycles. The number of amides is 1. The van der Waals surface area contributed by atoms with Gasteiger partial charge in [-0.25, -0.2) is 8.42 Å². The molecular weight excluding hydrogens is 703 g/mol. The normalized spacial score (nSPS) is 17.4. The second-order valence-corrected chi connectivity index (χ2v) is 15.4. The Morgan fingerprint density at radius 1 is 0.917 bits per heavy atom. The van der Waals surface area contributed by atoms with E-state index < -0.39 is 50.9 Å². The van der Waals surface area contributed by atoms with Crippen molar-refractivity contribution in [3.8, 4) is 0 Å². The lowest BCUT2D eigenvalue weighted by Gasteiger charge is -2.40. The van der Waals surface area contributed by atoms with Crippen LogP contribution in [0.2, 0.25) is 10.0 Å². The molecule has 0 N–H and O–H groups in total. The van der Waals surface area contributed by atoms with Gasteiger partial charge >= 0.3 is 12.4 Å². The number of rotatable bonds is 8. The summed E-state index contributed by atoms with van der Waals surface area (Å²) in [7, 11) is -2.14. The van der Waals surface area contributed by atoms with Crippen molar-refractivity contribution in [1.82, 2.24) is 9.80 Å². The van der Waals surface area contributed by atoms with E-state index in [4.69, 9.17) is 23.2 Å². The van der Waals surface area contributed by atoms with Crippen molar-refractivity contribution in [1.29, 1.82) is 0 Å². The number of benzene rings is 3. The third-order valence-electron chi connectivity index (χ3n) is 9.23. The summed E-state index contributed by atoms with van der Waals surface area (Å²) in [5, 5.41) is 0.666. The molecule has 3 aromatic rings. The van der Waals surface area contributed by atoms with Gasteiger partial charge in [-0.15, -0.1) is 0 Å². The topological polar surface area (TPSA) is 60.9 Å². The molecule has 0 radical (unpaired) electrons. The first-order valence-corrected chi connectivity index (χ1v) is 17.7. The number of likely N-dealkylation sites (N-methyl/N-ethyl adjacent to an activating group) is 1. The van der Waals surface area contributed by atoms with Crippen LogP contribution < -0.4 is 4.31 Å². The number of hydrogen-bond donors (Lipinski definition) is 0. The molecule has 2 heterocycles. The number of nitrogens with zero attached hydrogens (tertiary/aromatic N) is 3. The van der Waals surface area contributed by atoms with Crippen LogP contribution in [0.4, 0.5) is 32.0 Å². The fraction of sp³-hybridized carbons (Fsp3) is 0.424. The molecular formula is C33H33Cl2F6N3O3S. The summed E-state index contributed by atoms with van der Waals surface area (Å²) in [4.78, 5) is 16.7. The second-order valence-electron chi connectivity index (χ2n) is 12.6. The predicted octanol–water partition coefficient (Wildman–Crippen LogP) is 8.09. The second kappa shape index (κ2) is 13.4. The number of anilines is 1. The number of hydrogen-bond acceptors (Lipinski definition) is 4. The Morgan fingerprint density at radius 2 is 1.48 bits per heavy atom. The number of para-hydroxylation sites is 1. The van der Waals surface area contributed by atoms with Crippen molar-refractivity contribution < 1.29 is 39.6 Å². The highest BCUT2D eigenvalue weighted by atomic mass is 35.5. The van der Waals surface area contributed by atoms with Crippen LogP contribution in [0, 0.1) is 0 Å². The van der Waals surface area contributed by atoms with E-state index in [-0.39, 0.29) is 18.0 Å². The predicted molar refractivity (Wildman–Crippen MR) is 173 cm³/mol. The summed E-state index contributed by atoms with van der Waals surface area (Å²) in [6.07, 6.45) is -7.11. The fourth-order valence-corrected chi connectivity index (χ4v) is 8.28. The average molecular weight is 737 g/mol. The molecule has 0 bridgehead atoms. The molecule has 48 heavy (non-hydrogen) atoms. The van der Waals surface area contributed by atoms with Gasteiger partial charge in [0.15, 0.2) is 0 Å². The van der Waals surface area contributed by atoms with E-state index in [1.165, 1.54) is 23.7 Å². The van der Waals surface area contributed by atoms with E-state index in [9.17, 15) is 39.6 Å². The monoisotopic (exact) mass is 735 g/mol. The third-order valence-corrected chi connectivity index (χ3v) is 10.8. The van der Waals surface area contributed by atoms with Gasteiger partial charge in [0.05, 0.1) is 23.1 Å². The van der Waals surface area contributed by atoms with Crippen LogP contribution in [0.3, 0.4) is 0 Å². The largest absolute Gasteiger partial charge is 0.416 e. The molecule has 5 rings (SSSR count). The van der Waals surface area contributed by atoms with Gasteiger partial charge in [0.1, 0.15) is 0 Å². The zero-order valence-corrected chi connectivity index (χ0v) is 28.3. The number of likely N-dealkylation sites (tertiary alicyclic amines) is 1. The first-order chi connectivity index (χ1) is 22.3. The van der Waals surface area contributed by atoms with Crippen LogP contribution in [0.15, 0.2) is 60.7 Å². The highest BCUT2D eigenvalue weighted by molar-refractivity contribution is 7.92. The minimum absolute atomic E-state index is 0.0147. The summed E-state index contributed by atoms with van der Waals surface area (Å²) in [6.45, 7) is 2.19. The molecule has 0 aliphatic carbocycles. The highest BCUT2D eigenvalue weighted by Crippen LogP contribution is 2.48. The van der Waals surface area contributed by atoms with E-state index in [0.29, 0.717) is 78.9 Å². The zero-order chi connectivity index (χ0) is 35.2. The SMILES string of the molecule is CN(C[C@@H](CCN1CCC2(CC1)CN(S(C)(=O)=O)c1ccccc12)c1cc(Cl)cc(Cl)c1)C(=O)c1cc(C(F)(F)F)cc(C(F)(F)F)c1. The Hall–Kier alpha value is -3.00. The lowest BCUT2D eigenvalue weighted by atomic mass is 9.74. The number of piperidine rings is 1. The molecule has 2 aliphatic rings. The van der Waals surface area contributed by atoms with Gasteiger partial charge in [-0.05, 0) is 92.5 Å². The molecule has 1 amide bonds. The summed E-state index contributed by atoms with van der Waals surface area (Å²) in [6, 6.07) is 13.2. The molecule has 260 valence electrons. The fourth-order valence-electron chi connectivity index (χ4n) is 6.74. The smallest absolute Gasteiger partial charge is 0.341 e. The molecule has 15 heteroatoms. The number of alkyl halides is 6. The minimum Gasteiger partial charge on any atom is -0.341 e. The molecule has 3 aromatic carbocycles. The molecule has 1 atom stereocenters. The van der Waals surface area contributed by atoms with E-state index in [2.05, 4.69) is 4.90 Å². The van der Waals surface area contributed by atoms with E-state index >= 15 is 0 Å². The van der Waals surface area contributed by atoms with Crippen molar-refractivity contribution in [2.75, 3.05) is 50.3 Å². The van der Waals surface area contributed by atoms with Crippen molar-refractivity contribution in [3.05, 3.63) is 98.5 Å². The molecule has 1 spiro atoms. The average Bonchev–Trinajstić information content (AvgIpc) is 3.32. The van der Waals surface area contributed by atoms with Gasteiger partial charge in [-0.3, -0.25) is 9.10 Å². The standard InChI is InChI=1S/C33H33Cl2F6N3O3S/c1-42(30(45)23-13-24(32(36,37)38)17-25(14-23)33(39,40)41)19-21(22-15-26(34)18-27(35)16-22)7-10-43-11-8-31(9-12-43)20-44(48(2,46)47)29-6-4-3-5-28(29)31/h3-6,13-18,21H,7-12,19-20H2,1-2H3/t21-/m1/s1. The molecule has 0 unspecified atom stereocenters. The van der Waals surface area contributed by atoms with Gasteiger partial charge in [-0.2, -0.15) is 26.3 Å². The molecule has 1 saturated heterocycles. The van der Waals surface area contributed by atoms with Gasteiger partial charge in [0, 0.05) is 47.1 Å². The number of sulfonamides is 1. The number of carbonyl (C=O) groups is 1. The van der Waals surface area contributed by atoms with Crippen LogP contribution in [0.5, 0.6) is 0 Å². The van der Waals surface area contributed by atoms with Crippen LogP contribution in [-0.4, -0.2) is 70.2 Å². The van der Waals surface area contributed by atoms with Gasteiger partial charge in [0.2, 0.25) is 10.0 Å². The summed E-state index contributed by atoms with van der Waals surface area (Å²) in [5.74, 6) is -1.42. The Kier molecular flexibility index (Phi) is 10.1. The van der Waals surface area contributed by atoms with Crippen LogP contribution in [0.1, 0.15) is 57.8 Å². The van der Waals surface area contributed by atoms with Gasteiger partial charge in [-0.1, -0.05) is 41.4 Å². The van der Waals surface area contributed by atoms with Gasteiger partial charge in [0.25, 0.3) is 5.91 Å². The summed E-state index contributed by atoms with van der Waals surface area (Å²) < 4.78 is 107. The van der Waals surface area contributed by atoms with E-state index in [0.717, 1.165) is 10.5 Å². The van der Waals surface area contributed by atoms with Crippen molar-refractivity contribution in [2.45, 2.75) is 42.9 Å². The lowest BCUT2D eigenvalue weighted by molar-refractivity contribution is -0.143. The number of carbonyl (C=O) groups excluding carboxylic acids is 1. The Morgan fingerprint density at radius 3 is 2.02 bits per heavy atom. The van der Waals surface area contributed by atoms with Crippen molar-refractivity contribution >= 4 is 44.8 Å². The van der Waals surface area contributed by atoms with Crippen LogP contribution >= 0.6 is 23.2 Å². The first-order valence-electron chi connectivity index (χ1n) is 15.1. The Balaban J connectivity index is 1.33. The number of fused-ring (bicyclic) bond motifs is 2. The van der Waals surface area contributed by atoms with Crippen molar-refractivity contribution in [2.24, 2.45) is 0 Å². The maximum absolute atomic E-state index is 13.5. The summed E-state index contributed by atoms with van der Waals surface area (Å²) >= 11 is 12.6. The van der Waals surface area contributed by atoms with E-state index in [1.807, 2.05) is 24.3 Å². The number of halogens is 8. The Bertz CT molecular complexity index is 1740. The molecule has 6 nitrogen and oxygen atoms in total. The van der Waals surface area contributed by atoms with E-state index in [1.54, 1.807) is 12.1 Å². The minimum atomic E-state index is -5.09. The molecule has 0 aromatic heterocycles. The van der Waals surface area contributed by atoms with Crippen LogP contribution in [0.25, 0.3) is 0 Å². The quantitative estimate of drug-likeness (QED) is 0.220. The van der Waals surface area contributed by atoms with Gasteiger partial charge < -0.3 is 9.80 Å². The third kappa shape index (κ3) is 7.90. The maximum Gasteiger partial charge on any atom is 0.416 e. The Labute approximate surface area is 285 Å². The zero-order valence-electron chi connectivity index (χ0n) is 26.0. The van der Waals surface area contributed by atoms with Crippen LogP contribution in [-0.2, 0) is 27.8 Å². The first kappa shape index (κ1) is 36.3. The lowest BCUT2D eigenvalue weighted by Crippen LogP contribution is -2.46. The molecule has 0 saturated carbocycles. The summed E-state index contributed by atoms with van der Waals surface area (Å²) in [5.41, 5.74) is -1.84. The molecule has 1 fully saturated rings. The highest BCUT2D eigenvalue weighted by Gasteiger charge is 2.47. The maximum atomic E-state index is 13.5. The van der Waals surface area contributed by atoms with Crippen molar-refractivity contribution in [3.63, 3.8) is 0 Å².